The van der Waals surface area contributed by atoms with E-state index in [0.29, 0.717) is 41.4 Å². The number of nitrogens with two attached hydrogens (primary N) is 1. The van der Waals surface area contributed by atoms with E-state index >= 15 is 4.39 Å². The van der Waals surface area contributed by atoms with Gasteiger partial charge in [-0.25, -0.2) is 19.4 Å². The zero-order valence-electron chi connectivity index (χ0n) is 19.1. The number of rotatable bonds is 8. The Kier molecular flexibility index (Phi) is 8.09. The van der Waals surface area contributed by atoms with Crippen molar-refractivity contribution in [1.29, 1.82) is 10.5 Å². The zero-order chi connectivity index (χ0) is 25.4. The van der Waals surface area contributed by atoms with Gasteiger partial charge in [-0.2, -0.15) is 10.5 Å². The molecule has 2 aromatic heterocycles. The van der Waals surface area contributed by atoms with Gasteiger partial charge in [0.25, 0.3) is 5.91 Å². The number of anilines is 3. The summed E-state index contributed by atoms with van der Waals surface area (Å²) in [4.78, 5) is 26.2. The fourth-order valence-corrected chi connectivity index (χ4v) is 3.45. The fraction of sp³-hybridized carbons (Fsp3) is 0.250. The number of amides is 1. The summed E-state index contributed by atoms with van der Waals surface area (Å²) in [5.41, 5.74) is 6.74. The van der Waals surface area contributed by atoms with Gasteiger partial charge in [0.05, 0.1) is 35.0 Å². The van der Waals surface area contributed by atoms with Crippen molar-refractivity contribution in [3.63, 3.8) is 0 Å². The molecule has 1 aliphatic rings. The van der Waals surface area contributed by atoms with Gasteiger partial charge in [-0.1, -0.05) is 12.7 Å². The first-order valence-corrected chi connectivity index (χ1v) is 10.7. The van der Waals surface area contributed by atoms with Crippen LogP contribution in [-0.2, 0) is 0 Å². The van der Waals surface area contributed by atoms with E-state index in [-0.39, 0.29) is 17.9 Å². The quantitative estimate of drug-likeness (QED) is 0.390. The number of aliphatic imine (C=N–C) groups is 1. The third kappa shape index (κ3) is 6.39. The van der Waals surface area contributed by atoms with Crippen LogP contribution < -0.4 is 21.3 Å². The molecule has 0 saturated carbocycles. The summed E-state index contributed by atoms with van der Waals surface area (Å²) in [5.74, 6) is 0.421. The number of carbonyl (C=O) groups is 1. The molecule has 0 radical (unpaired) electrons. The molecule has 4 N–H and O–H groups in total. The minimum atomic E-state index is -1.27. The van der Waals surface area contributed by atoms with E-state index in [2.05, 4.69) is 32.2 Å². The molecule has 1 aliphatic heterocycles. The molecule has 3 rings (SSSR count). The second-order valence-electron chi connectivity index (χ2n) is 7.68. The van der Waals surface area contributed by atoms with E-state index in [1.807, 2.05) is 12.1 Å². The number of primary amides is 1. The minimum Gasteiger partial charge on any atom is -0.378 e. The second kappa shape index (κ2) is 11.4. The van der Waals surface area contributed by atoms with Crippen molar-refractivity contribution in [2.45, 2.75) is 25.6 Å². The first-order chi connectivity index (χ1) is 16.8. The average Bonchev–Trinajstić information content (AvgIpc) is 2.86. The normalized spacial score (nSPS) is 17.9. The van der Waals surface area contributed by atoms with E-state index in [9.17, 15) is 4.79 Å². The van der Waals surface area contributed by atoms with Crippen LogP contribution in [0.25, 0.3) is 0 Å². The third-order valence-electron chi connectivity index (χ3n) is 5.32. The van der Waals surface area contributed by atoms with Crippen LogP contribution in [0, 0.1) is 22.7 Å². The Morgan fingerprint density at radius 1 is 1.37 bits per heavy atom. The lowest BCUT2D eigenvalue weighted by atomic mass is 10.0. The lowest BCUT2D eigenvalue weighted by Gasteiger charge is -2.36. The summed E-state index contributed by atoms with van der Waals surface area (Å²) < 4.78 is 15.1. The molecule has 178 valence electrons. The monoisotopic (exact) mass is 473 g/mol. The van der Waals surface area contributed by atoms with Gasteiger partial charge in [0.1, 0.15) is 35.8 Å². The lowest BCUT2D eigenvalue weighted by Crippen LogP contribution is -2.48. The molecule has 10 nitrogen and oxygen atoms in total. The summed E-state index contributed by atoms with van der Waals surface area (Å²) in [6.07, 6.45) is 4.88. The number of hydrogen-bond acceptors (Lipinski definition) is 9. The molecule has 2 aromatic rings. The van der Waals surface area contributed by atoms with Gasteiger partial charge in [0.2, 0.25) is 0 Å². The fourth-order valence-electron chi connectivity index (χ4n) is 3.45. The number of carbonyl (C=O) groups excluding carboxylic acids is 1. The van der Waals surface area contributed by atoms with Crippen molar-refractivity contribution in [2.24, 2.45) is 10.7 Å². The number of nitriles is 2. The predicted octanol–water partition coefficient (Wildman–Crippen LogP) is 2.90. The summed E-state index contributed by atoms with van der Waals surface area (Å²) in [6.45, 7) is 6.10. The summed E-state index contributed by atoms with van der Waals surface area (Å²) in [7, 11) is 0. The van der Waals surface area contributed by atoms with Crippen LogP contribution in [0.15, 0.2) is 59.6 Å². The molecule has 35 heavy (non-hydrogen) atoms. The molecular formula is C24H24FN9O. The average molecular weight is 474 g/mol. The van der Waals surface area contributed by atoms with E-state index in [1.165, 1.54) is 24.7 Å². The maximum absolute atomic E-state index is 15.1. The molecule has 0 unspecified atom stereocenters. The first-order valence-electron chi connectivity index (χ1n) is 10.7. The molecular weight excluding hydrogens is 449 g/mol. The second-order valence-corrected chi connectivity index (χ2v) is 7.68. The van der Waals surface area contributed by atoms with Crippen LogP contribution >= 0.6 is 0 Å². The van der Waals surface area contributed by atoms with Crippen LogP contribution in [0.3, 0.4) is 0 Å². The Labute approximate surface area is 202 Å². The number of pyridine rings is 2. The number of piperidine rings is 1. The SMILES string of the molecule is C=C(/N=C\C(C#N)=C/C)Nc1cc(N[C@@H]2CCN(c3ccc(C#N)cn3)C[C@@H]2F)c(C(N)=O)cn1. The van der Waals surface area contributed by atoms with Crippen LogP contribution in [0.5, 0.6) is 0 Å². The summed E-state index contributed by atoms with van der Waals surface area (Å²) >= 11 is 0. The number of nitrogens with zero attached hydrogens (tertiary/aromatic N) is 6. The van der Waals surface area contributed by atoms with Crippen molar-refractivity contribution in [3.8, 4) is 12.1 Å². The Morgan fingerprint density at radius 3 is 2.77 bits per heavy atom. The predicted molar refractivity (Wildman–Crippen MR) is 131 cm³/mol. The molecule has 0 aromatic carbocycles. The molecule has 2 atom stereocenters. The number of alkyl halides is 1. The molecule has 0 spiro atoms. The summed E-state index contributed by atoms with van der Waals surface area (Å²) in [6, 6.07) is 8.27. The molecule has 0 aliphatic carbocycles. The van der Waals surface area contributed by atoms with Crippen molar-refractivity contribution >= 4 is 29.4 Å². The standard InChI is InChI=1S/C24H24FN9O/c1-3-16(9-26)11-29-15(2)32-22-8-21(18(13-30-22)24(28)35)33-20-6-7-34(14-19(20)25)23-5-4-17(10-27)12-31-23/h3-5,8,11-13,19-20H,2,6-7,14H2,1H3,(H2,28,35)(H2,30,32,33)/b16-3-,29-11-/t19-,20+/m0/s1. The summed E-state index contributed by atoms with van der Waals surface area (Å²) in [5, 5.41) is 23.8. The topological polar surface area (TPSA) is 156 Å². The van der Waals surface area contributed by atoms with Crippen molar-refractivity contribution in [3.05, 3.63) is 65.8 Å². The highest BCUT2D eigenvalue weighted by Crippen LogP contribution is 2.26. The van der Waals surface area contributed by atoms with E-state index in [0.717, 1.165) is 0 Å². The molecule has 11 heteroatoms. The van der Waals surface area contributed by atoms with Crippen LogP contribution in [0.2, 0.25) is 0 Å². The van der Waals surface area contributed by atoms with Gasteiger partial charge in [0, 0.05) is 31.2 Å². The van der Waals surface area contributed by atoms with E-state index < -0.39 is 18.1 Å². The Hall–Kier alpha value is -4.77. The van der Waals surface area contributed by atoms with Gasteiger partial charge in [-0.15, -0.1) is 0 Å². The first kappa shape index (κ1) is 24.9. The van der Waals surface area contributed by atoms with Crippen LogP contribution in [0.4, 0.5) is 21.7 Å². The lowest BCUT2D eigenvalue weighted by molar-refractivity contribution is 0.100. The number of hydrogen-bond donors (Lipinski definition) is 3. The highest BCUT2D eigenvalue weighted by atomic mass is 19.1. The Bertz CT molecular complexity index is 1240. The third-order valence-corrected chi connectivity index (χ3v) is 5.32. The van der Waals surface area contributed by atoms with Gasteiger partial charge in [-0.3, -0.25) is 4.79 Å². The Morgan fingerprint density at radius 2 is 2.17 bits per heavy atom. The van der Waals surface area contributed by atoms with Crippen LogP contribution in [-0.4, -0.2) is 47.4 Å². The minimum absolute atomic E-state index is 0.0936. The van der Waals surface area contributed by atoms with Crippen molar-refractivity contribution < 1.29 is 9.18 Å². The van der Waals surface area contributed by atoms with E-state index in [1.54, 1.807) is 30.0 Å². The maximum Gasteiger partial charge on any atom is 0.252 e. The van der Waals surface area contributed by atoms with Crippen molar-refractivity contribution in [2.75, 3.05) is 28.6 Å². The number of nitrogens with one attached hydrogen (secondary N) is 2. The number of allylic oxidation sites excluding steroid dienone is 2. The highest BCUT2D eigenvalue weighted by molar-refractivity contribution is 5.98. The molecule has 3 heterocycles. The number of halogens is 1. The molecule has 0 bridgehead atoms. The number of aromatic nitrogens is 2. The highest BCUT2D eigenvalue weighted by Gasteiger charge is 2.30. The molecule has 1 amide bonds. The van der Waals surface area contributed by atoms with Gasteiger partial charge < -0.3 is 21.3 Å². The zero-order valence-corrected chi connectivity index (χ0v) is 19.1. The molecule has 1 fully saturated rings. The Balaban J connectivity index is 1.71. The van der Waals surface area contributed by atoms with Gasteiger partial charge >= 0.3 is 0 Å². The largest absolute Gasteiger partial charge is 0.378 e. The maximum atomic E-state index is 15.1. The van der Waals surface area contributed by atoms with Crippen LogP contribution in [0.1, 0.15) is 29.3 Å². The van der Waals surface area contributed by atoms with Gasteiger partial charge in [0.15, 0.2) is 0 Å². The van der Waals surface area contributed by atoms with Crippen molar-refractivity contribution in [1.82, 2.24) is 9.97 Å². The smallest absolute Gasteiger partial charge is 0.252 e. The van der Waals surface area contributed by atoms with E-state index in [4.69, 9.17) is 16.3 Å². The molecule has 1 saturated heterocycles. The van der Waals surface area contributed by atoms with Gasteiger partial charge in [-0.05, 0) is 25.5 Å².